The first-order chi connectivity index (χ1) is 7.78. The SMILES string of the molecule is NCc1ccc(OCc2ccc(Br)s2)cn1. The predicted molar refractivity (Wildman–Crippen MR) is 68.5 cm³/mol. The van der Waals surface area contributed by atoms with E-state index in [1.807, 2.05) is 24.3 Å². The second kappa shape index (κ2) is 5.43. The number of rotatable bonds is 4. The van der Waals surface area contributed by atoms with Crippen LogP contribution in [-0.2, 0) is 13.2 Å². The summed E-state index contributed by atoms with van der Waals surface area (Å²) in [5, 5.41) is 0. The number of hydrogen-bond acceptors (Lipinski definition) is 4. The first-order valence-electron chi connectivity index (χ1n) is 4.80. The number of nitrogens with zero attached hydrogens (tertiary/aromatic N) is 1. The maximum absolute atomic E-state index is 5.59. The smallest absolute Gasteiger partial charge is 0.138 e. The summed E-state index contributed by atoms with van der Waals surface area (Å²) in [5.41, 5.74) is 6.33. The summed E-state index contributed by atoms with van der Waals surface area (Å²) < 4.78 is 6.70. The third-order valence-corrected chi connectivity index (χ3v) is 3.61. The zero-order valence-electron chi connectivity index (χ0n) is 8.52. The molecule has 0 aliphatic heterocycles. The highest BCUT2D eigenvalue weighted by molar-refractivity contribution is 9.11. The maximum Gasteiger partial charge on any atom is 0.138 e. The molecule has 0 unspecified atom stereocenters. The number of hydrogen-bond donors (Lipinski definition) is 1. The van der Waals surface area contributed by atoms with Gasteiger partial charge in [-0.2, -0.15) is 0 Å². The van der Waals surface area contributed by atoms with Crippen molar-refractivity contribution in [3.8, 4) is 5.75 Å². The molecule has 3 nitrogen and oxygen atoms in total. The molecular formula is C11H11BrN2OS. The predicted octanol–water partition coefficient (Wildman–Crippen LogP) is 2.94. The third kappa shape index (κ3) is 3.04. The molecule has 2 aromatic heterocycles. The van der Waals surface area contributed by atoms with E-state index in [0.717, 1.165) is 15.2 Å². The van der Waals surface area contributed by atoms with Crippen molar-refractivity contribution in [2.45, 2.75) is 13.2 Å². The van der Waals surface area contributed by atoms with E-state index in [2.05, 4.69) is 20.9 Å². The molecule has 2 heterocycles. The normalized spacial score (nSPS) is 10.4. The van der Waals surface area contributed by atoms with Crippen molar-refractivity contribution in [2.24, 2.45) is 5.73 Å². The molecule has 0 bridgehead atoms. The van der Waals surface area contributed by atoms with Gasteiger partial charge in [0.05, 0.1) is 15.7 Å². The number of pyridine rings is 1. The van der Waals surface area contributed by atoms with Crippen LogP contribution in [0, 0.1) is 0 Å². The second-order valence-corrected chi connectivity index (χ2v) is 5.73. The molecule has 0 fully saturated rings. The Morgan fingerprint density at radius 1 is 1.31 bits per heavy atom. The van der Waals surface area contributed by atoms with Gasteiger partial charge in [0.1, 0.15) is 12.4 Å². The lowest BCUT2D eigenvalue weighted by Crippen LogP contribution is -1.99. The Kier molecular flexibility index (Phi) is 3.93. The molecule has 0 atom stereocenters. The minimum Gasteiger partial charge on any atom is -0.486 e. The standard InChI is InChI=1S/C11H11BrN2OS/c12-11-4-3-10(16-11)7-15-9-2-1-8(5-13)14-6-9/h1-4,6H,5,7,13H2. The molecule has 2 aromatic rings. The number of halogens is 1. The fourth-order valence-electron chi connectivity index (χ4n) is 1.20. The molecule has 0 aliphatic rings. The van der Waals surface area contributed by atoms with Crippen molar-refractivity contribution < 1.29 is 4.74 Å². The van der Waals surface area contributed by atoms with Crippen LogP contribution >= 0.6 is 27.3 Å². The van der Waals surface area contributed by atoms with Gasteiger partial charge in [0.15, 0.2) is 0 Å². The van der Waals surface area contributed by atoms with Crippen molar-refractivity contribution in [1.82, 2.24) is 4.98 Å². The van der Waals surface area contributed by atoms with Crippen molar-refractivity contribution >= 4 is 27.3 Å². The Labute approximate surface area is 106 Å². The molecule has 0 saturated heterocycles. The summed E-state index contributed by atoms with van der Waals surface area (Å²) in [6.07, 6.45) is 1.70. The summed E-state index contributed by atoms with van der Waals surface area (Å²) in [6, 6.07) is 7.81. The van der Waals surface area contributed by atoms with Crippen LogP contribution in [0.2, 0.25) is 0 Å². The van der Waals surface area contributed by atoms with Crippen LogP contribution in [0.25, 0.3) is 0 Å². The van der Waals surface area contributed by atoms with Crippen molar-refractivity contribution in [3.63, 3.8) is 0 Å². The van der Waals surface area contributed by atoms with Gasteiger partial charge in [0, 0.05) is 11.4 Å². The van der Waals surface area contributed by atoms with Gasteiger partial charge in [-0.1, -0.05) is 0 Å². The minimum atomic E-state index is 0.456. The van der Waals surface area contributed by atoms with Gasteiger partial charge in [-0.05, 0) is 40.2 Å². The Hall–Kier alpha value is -0.910. The van der Waals surface area contributed by atoms with E-state index in [1.54, 1.807) is 17.5 Å². The quantitative estimate of drug-likeness (QED) is 0.944. The van der Waals surface area contributed by atoms with Crippen LogP contribution in [-0.4, -0.2) is 4.98 Å². The summed E-state index contributed by atoms with van der Waals surface area (Å²) >= 11 is 5.08. The van der Waals surface area contributed by atoms with Gasteiger partial charge in [0.25, 0.3) is 0 Å². The number of aromatic nitrogens is 1. The van der Waals surface area contributed by atoms with Gasteiger partial charge in [0.2, 0.25) is 0 Å². The molecule has 0 radical (unpaired) electrons. The van der Waals surface area contributed by atoms with Crippen LogP contribution in [0.15, 0.2) is 34.2 Å². The maximum atomic E-state index is 5.59. The van der Waals surface area contributed by atoms with Crippen molar-refractivity contribution in [3.05, 3.63) is 44.8 Å². The number of ether oxygens (including phenoxy) is 1. The molecule has 2 N–H and O–H groups in total. The van der Waals surface area contributed by atoms with Crippen LogP contribution in [0.1, 0.15) is 10.6 Å². The average molecular weight is 299 g/mol. The molecule has 0 aromatic carbocycles. The molecular weight excluding hydrogens is 288 g/mol. The van der Waals surface area contributed by atoms with E-state index >= 15 is 0 Å². The highest BCUT2D eigenvalue weighted by Gasteiger charge is 2.00. The lowest BCUT2D eigenvalue weighted by molar-refractivity contribution is 0.308. The van der Waals surface area contributed by atoms with E-state index in [0.29, 0.717) is 13.2 Å². The monoisotopic (exact) mass is 298 g/mol. The van der Waals surface area contributed by atoms with Crippen LogP contribution < -0.4 is 10.5 Å². The Bertz CT molecular complexity index is 455. The summed E-state index contributed by atoms with van der Waals surface area (Å²) in [7, 11) is 0. The molecule has 84 valence electrons. The Morgan fingerprint density at radius 2 is 2.19 bits per heavy atom. The van der Waals surface area contributed by atoms with Gasteiger partial charge in [-0.3, -0.25) is 4.98 Å². The van der Waals surface area contributed by atoms with E-state index < -0.39 is 0 Å². The van der Waals surface area contributed by atoms with Crippen molar-refractivity contribution in [1.29, 1.82) is 0 Å². The molecule has 0 saturated carbocycles. The zero-order chi connectivity index (χ0) is 11.4. The fraction of sp³-hybridized carbons (Fsp3) is 0.182. The summed E-state index contributed by atoms with van der Waals surface area (Å²) in [4.78, 5) is 5.33. The van der Waals surface area contributed by atoms with Gasteiger partial charge >= 0.3 is 0 Å². The topological polar surface area (TPSA) is 48.1 Å². The Morgan fingerprint density at radius 3 is 2.75 bits per heavy atom. The third-order valence-electron chi connectivity index (χ3n) is 2.02. The molecule has 5 heteroatoms. The molecule has 0 spiro atoms. The van der Waals surface area contributed by atoms with E-state index in [4.69, 9.17) is 10.5 Å². The van der Waals surface area contributed by atoms with Crippen LogP contribution in [0.3, 0.4) is 0 Å². The largest absolute Gasteiger partial charge is 0.486 e. The lowest BCUT2D eigenvalue weighted by atomic mass is 10.3. The first kappa shape index (κ1) is 11.6. The number of nitrogens with two attached hydrogens (primary N) is 1. The summed E-state index contributed by atoms with van der Waals surface area (Å²) in [6.45, 7) is 1.03. The Balaban J connectivity index is 1.94. The van der Waals surface area contributed by atoms with E-state index in [-0.39, 0.29) is 0 Å². The molecule has 2 rings (SSSR count). The second-order valence-electron chi connectivity index (χ2n) is 3.18. The highest BCUT2D eigenvalue weighted by Crippen LogP contribution is 2.23. The molecule has 0 aliphatic carbocycles. The van der Waals surface area contributed by atoms with Crippen LogP contribution in [0.4, 0.5) is 0 Å². The van der Waals surface area contributed by atoms with Crippen molar-refractivity contribution in [2.75, 3.05) is 0 Å². The number of thiophene rings is 1. The molecule has 0 amide bonds. The first-order valence-corrected chi connectivity index (χ1v) is 6.41. The molecule has 16 heavy (non-hydrogen) atoms. The van der Waals surface area contributed by atoms with E-state index in [9.17, 15) is 0 Å². The summed E-state index contributed by atoms with van der Waals surface area (Å²) in [5.74, 6) is 0.765. The van der Waals surface area contributed by atoms with Gasteiger partial charge in [-0.15, -0.1) is 11.3 Å². The van der Waals surface area contributed by atoms with E-state index in [1.165, 1.54) is 4.88 Å². The lowest BCUT2D eigenvalue weighted by Gasteiger charge is -2.04. The zero-order valence-corrected chi connectivity index (χ0v) is 10.9. The minimum absolute atomic E-state index is 0.456. The van der Waals surface area contributed by atoms with Gasteiger partial charge < -0.3 is 10.5 Å². The van der Waals surface area contributed by atoms with Crippen LogP contribution in [0.5, 0.6) is 5.75 Å². The highest BCUT2D eigenvalue weighted by atomic mass is 79.9. The van der Waals surface area contributed by atoms with Gasteiger partial charge in [-0.25, -0.2) is 0 Å². The fourth-order valence-corrected chi connectivity index (χ4v) is 2.60. The average Bonchev–Trinajstić information content (AvgIpc) is 2.73.